The van der Waals surface area contributed by atoms with Crippen molar-refractivity contribution in [1.82, 2.24) is 30.7 Å². The van der Waals surface area contributed by atoms with E-state index in [-0.39, 0.29) is 17.3 Å². The van der Waals surface area contributed by atoms with Crippen LogP contribution >= 0.6 is 0 Å². The zero-order valence-electron chi connectivity index (χ0n) is 15.8. The van der Waals surface area contributed by atoms with Crippen molar-refractivity contribution in [3.63, 3.8) is 0 Å². The van der Waals surface area contributed by atoms with Crippen LogP contribution in [0.5, 0.6) is 5.75 Å². The molecule has 0 aliphatic heterocycles. The normalized spacial score (nSPS) is 11.0. The van der Waals surface area contributed by atoms with Gasteiger partial charge in [0.1, 0.15) is 11.4 Å². The maximum Gasteiger partial charge on any atom is 0.294 e. The van der Waals surface area contributed by atoms with Crippen molar-refractivity contribution in [2.45, 2.75) is 0 Å². The third-order valence-electron chi connectivity index (χ3n) is 4.12. The Labute approximate surface area is 170 Å². The Morgan fingerprint density at radius 2 is 1.93 bits per heavy atom. The molecule has 0 bridgehead atoms. The first kappa shape index (κ1) is 18.8. The maximum atomic E-state index is 12.7. The van der Waals surface area contributed by atoms with E-state index in [1.807, 2.05) is 18.2 Å². The molecule has 2 aromatic heterocycles. The summed E-state index contributed by atoms with van der Waals surface area (Å²) in [5.41, 5.74) is 10.1. The van der Waals surface area contributed by atoms with E-state index in [9.17, 15) is 4.79 Å². The fourth-order valence-electron chi connectivity index (χ4n) is 2.68. The van der Waals surface area contributed by atoms with E-state index < -0.39 is 5.91 Å². The number of nitrogen functional groups attached to an aromatic ring is 1. The number of ether oxygens (including phenoxy) is 1. The summed E-state index contributed by atoms with van der Waals surface area (Å²) in [4.78, 5) is 12.7. The first-order valence-corrected chi connectivity index (χ1v) is 8.74. The van der Waals surface area contributed by atoms with Crippen molar-refractivity contribution < 1.29 is 14.2 Å². The Hall–Kier alpha value is -4.54. The number of aromatic nitrogens is 5. The lowest BCUT2D eigenvalue weighted by Crippen LogP contribution is -2.19. The SMILES string of the molecule is COc1ccc(/C=N/NC(=O)c2nnn(-c3nonc3N)c2-c2ccccc2)cc1. The Morgan fingerprint density at radius 3 is 2.60 bits per heavy atom. The summed E-state index contributed by atoms with van der Waals surface area (Å²) in [6, 6.07) is 16.3. The quantitative estimate of drug-likeness (QED) is 0.364. The van der Waals surface area contributed by atoms with Gasteiger partial charge in [0.15, 0.2) is 5.69 Å². The number of carbonyl (C=O) groups is 1. The summed E-state index contributed by atoms with van der Waals surface area (Å²) in [6.07, 6.45) is 1.50. The lowest BCUT2D eigenvalue weighted by Gasteiger charge is -2.05. The van der Waals surface area contributed by atoms with Gasteiger partial charge in [-0.05, 0) is 40.1 Å². The van der Waals surface area contributed by atoms with Crippen LogP contribution in [-0.2, 0) is 0 Å². The number of amides is 1. The van der Waals surface area contributed by atoms with Crippen molar-refractivity contribution in [3.05, 3.63) is 65.9 Å². The Bertz CT molecular complexity index is 1180. The number of hydrogen-bond acceptors (Lipinski definition) is 9. The highest BCUT2D eigenvalue weighted by Crippen LogP contribution is 2.26. The first-order valence-electron chi connectivity index (χ1n) is 8.74. The molecular formula is C19H16N8O3. The molecule has 2 aromatic carbocycles. The summed E-state index contributed by atoms with van der Waals surface area (Å²) in [5, 5.41) is 19.3. The van der Waals surface area contributed by atoms with E-state index in [4.69, 9.17) is 10.5 Å². The predicted molar refractivity (Wildman–Crippen MR) is 107 cm³/mol. The monoisotopic (exact) mass is 404 g/mol. The number of rotatable bonds is 6. The maximum absolute atomic E-state index is 12.7. The second kappa shape index (κ2) is 8.22. The number of nitrogens with zero attached hydrogens (tertiary/aromatic N) is 6. The van der Waals surface area contributed by atoms with Crippen molar-refractivity contribution in [2.24, 2.45) is 5.10 Å². The Balaban J connectivity index is 1.63. The van der Waals surface area contributed by atoms with Gasteiger partial charge in [0.25, 0.3) is 5.91 Å². The van der Waals surface area contributed by atoms with Crippen LogP contribution in [0.2, 0.25) is 0 Å². The van der Waals surface area contributed by atoms with Gasteiger partial charge in [-0.25, -0.2) is 10.1 Å². The highest BCUT2D eigenvalue weighted by Gasteiger charge is 2.24. The largest absolute Gasteiger partial charge is 0.497 e. The number of carbonyl (C=O) groups excluding carboxylic acids is 1. The summed E-state index contributed by atoms with van der Waals surface area (Å²) < 4.78 is 11.0. The van der Waals surface area contributed by atoms with Gasteiger partial charge >= 0.3 is 0 Å². The molecule has 30 heavy (non-hydrogen) atoms. The van der Waals surface area contributed by atoms with Gasteiger partial charge in [0.05, 0.1) is 13.3 Å². The fraction of sp³-hybridized carbons (Fsp3) is 0.0526. The molecule has 150 valence electrons. The molecule has 0 radical (unpaired) electrons. The topological polar surface area (TPSA) is 146 Å². The molecule has 0 aliphatic carbocycles. The number of hydrazone groups is 1. The van der Waals surface area contributed by atoms with Gasteiger partial charge in [0, 0.05) is 5.56 Å². The molecule has 2 heterocycles. The lowest BCUT2D eigenvalue weighted by molar-refractivity contribution is 0.0950. The zero-order chi connectivity index (χ0) is 20.9. The van der Waals surface area contributed by atoms with Crippen LogP contribution in [0.25, 0.3) is 17.1 Å². The standard InChI is InChI=1S/C19H16N8O3/c1-29-14-9-7-12(8-10-14)11-21-23-19(28)15-16(13-5-3-2-4-6-13)27(26-22-15)18-17(20)24-30-25-18/h2-11H,1H3,(H2,20,24)(H,23,28)/b21-11+. The lowest BCUT2D eigenvalue weighted by atomic mass is 10.1. The molecule has 0 spiro atoms. The smallest absolute Gasteiger partial charge is 0.294 e. The van der Waals surface area contributed by atoms with E-state index in [1.165, 1.54) is 10.9 Å². The van der Waals surface area contributed by atoms with Crippen LogP contribution in [-0.4, -0.2) is 44.5 Å². The van der Waals surface area contributed by atoms with Crippen molar-refractivity contribution >= 4 is 17.9 Å². The van der Waals surface area contributed by atoms with Crippen molar-refractivity contribution in [3.8, 4) is 22.8 Å². The van der Waals surface area contributed by atoms with E-state index in [0.29, 0.717) is 11.3 Å². The summed E-state index contributed by atoms with van der Waals surface area (Å²) >= 11 is 0. The summed E-state index contributed by atoms with van der Waals surface area (Å²) in [5.74, 6) is 0.311. The van der Waals surface area contributed by atoms with Crippen LogP contribution in [0.4, 0.5) is 5.82 Å². The molecule has 11 nitrogen and oxygen atoms in total. The minimum absolute atomic E-state index is 0.0153. The molecule has 3 N–H and O–H groups in total. The van der Waals surface area contributed by atoms with Crippen LogP contribution in [0.3, 0.4) is 0 Å². The number of benzene rings is 2. The highest BCUT2D eigenvalue weighted by atomic mass is 16.6. The number of nitrogens with one attached hydrogen (secondary N) is 1. The minimum Gasteiger partial charge on any atom is -0.497 e. The second-order valence-corrected chi connectivity index (χ2v) is 6.01. The molecule has 11 heteroatoms. The molecule has 0 unspecified atom stereocenters. The van der Waals surface area contributed by atoms with E-state index >= 15 is 0 Å². The molecule has 0 fully saturated rings. The third kappa shape index (κ3) is 3.71. The average molecular weight is 404 g/mol. The van der Waals surface area contributed by atoms with Gasteiger partial charge in [-0.2, -0.15) is 9.78 Å². The van der Waals surface area contributed by atoms with Crippen molar-refractivity contribution in [2.75, 3.05) is 12.8 Å². The summed E-state index contributed by atoms with van der Waals surface area (Å²) in [7, 11) is 1.59. The van der Waals surface area contributed by atoms with Crippen molar-refractivity contribution in [1.29, 1.82) is 0 Å². The van der Waals surface area contributed by atoms with Crippen LogP contribution in [0, 0.1) is 0 Å². The predicted octanol–water partition coefficient (Wildman–Crippen LogP) is 1.67. The Kier molecular flexibility index (Phi) is 5.16. The van der Waals surface area contributed by atoms with Gasteiger partial charge in [-0.1, -0.05) is 35.5 Å². The molecule has 0 saturated carbocycles. The van der Waals surface area contributed by atoms with E-state index in [0.717, 1.165) is 11.3 Å². The number of anilines is 1. The first-order chi connectivity index (χ1) is 14.7. The average Bonchev–Trinajstić information content (AvgIpc) is 3.40. The Morgan fingerprint density at radius 1 is 1.17 bits per heavy atom. The van der Waals surface area contributed by atoms with E-state index in [1.54, 1.807) is 43.5 Å². The van der Waals surface area contributed by atoms with Gasteiger partial charge in [0.2, 0.25) is 11.6 Å². The van der Waals surface area contributed by atoms with Crippen LogP contribution < -0.4 is 15.9 Å². The zero-order valence-corrected chi connectivity index (χ0v) is 15.8. The highest BCUT2D eigenvalue weighted by molar-refractivity contribution is 5.98. The molecule has 4 rings (SSSR count). The fourth-order valence-corrected chi connectivity index (χ4v) is 2.68. The molecule has 0 saturated heterocycles. The molecular weight excluding hydrogens is 388 g/mol. The molecule has 1 amide bonds. The van der Waals surface area contributed by atoms with E-state index in [2.05, 4.69) is 35.8 Å². The number of hydrogen-bond donors (Lipinski definition) is 2. The molecule has 0 atom stereocenters. The van der Waals surface area contributed by atoms with Crippen LogP contribution in [0.15, 0.2) is 64.3 Å². The minimum atomic E-state index is -0.556. The van der Waals surface area contributed by atoms with Crippen LogP contribution in [0.1, 0.15) is 16.1 Å². The molecule has 0 aliphatic rings. The van der Waals surface area contributed by atoms with Gasteiger partial charge in [-0.3, -0.25) is 4.79 Å². The van der Waals surface area contributed by atoms with Gasteiger partial charge in [-0.15, -0.1) is 5.10 Å². The number of nitrogens with two attached hydrogens (primary N) is 1. The van der Waals surface area contributed by atoms with Gasteiger partial charge < -0.3 is 10.5 Å². The number of methoxy groups -OCH3 is 1. The third-order valence-corrected chi connectivity index (χ3v) is 4.12. The second-order valence-electron chi connectivity index (χ2n) is 6.01. The summed E-state index contributed by atoms with van der Waals surface area (Å²) in [6.45, 7) is 0. The molecule has 4 aromatic rings.